The van der Waals surface area contributed by atoms with Gasteiger partial charge in [0.1, 0.15) is 17.2 Å². The molecular weight excluding hydrogens is 458 g/mol. The molecule has 2 aromatic carbocycles. The Bertz CT molecular complexity index is 884. The van der Waals surface area contributed by atoms with E-state index in [0.717, 1.165) is 15.0 Å². The van der Waals surface area contributed by atoms with E-state index in [4.69, 9.17) is 4.74 Å². The van der Waals surface area contributed by atoms with Crippen LogP contribution in [0.15, 0.2) is 50.9 Å². The fourth-order valence-corrected chi connectivity index (χ4v) is 4.31. The zero-order valence-electron chi connectivity index (χ0n) is 13.5. The molecule has 0 spiro atoms. The average Bonchev–Trinajstić information content (AvgIpc) is 2.73. The molecule has 1 fully saturated rings. The summed E-state index contributed by atoms with van der Waals surface area (Å²) < 4.78 is 34.9. The van der Waals surface area contributed by atoms with Crippen molar-refractivity contribution >= 4 is 43.4 Å². The first kappa shape index (κ1) is 18.3. The third-order valence-corrected chi connectivity index (χ3v) is 4.99. The van der Waals surface area contributed by atoms with Crippen LogP contribution < -0.4 is 0 Å². The molecule has 1 aliphatic rings. The number of carbonyl (C=O) groups is 1. The maximum atomic E-state index is 14.6. The van der Waals surface area contributed by atoms with E-state index in [1.54, 1.807) is 13.8 Å². The predicted molar refractivity (Wildman–Crippen MR) is 99.0 cm³/mol. The molecule has 0 aromatic heterocycles. The van der Waals surface area contributed by atoms with Crippen LogP contribution in [-0.4, -0.2) is 11.6 Å². The summed E-state index contributed by atoms with van der Waals surface area (Å²) in [5, 5.41) is 0. The summed E-state index contributed by atoms with van der Waals surface area (Å²) in [4.78, 5) is 11.9. The van der Waals surface area contributed by atoms with E-state index in [-0.39, 0.29) is 18.0 Å². The van der Waals surface area contributed by atoms with Crippen LogP contribution in [0.1, 0.15) is 31.4 Å². The van der Waals surface area contributed by atoms with Crippen molar-refractivity contribution in [2.75, 3.05) is 0 Å². The second-order valence-corrected chi connectivity index (χ2v) is 8.13. The molecule has 2 aromatic rings. The Morgan fingerprint density at radius 3 is 2.24 bits per heavy atom. The van der Waals surface area contributed by atoms with Gasteiger partial charge in [-0.05, 0) is 60.9 Å². The van der Waals surface area contributed by atoms with Crippen molar-refractivity contribution in [1.29, 1.82) is 0 Å². The quantitative estimate of drug-likeness (QED) is 0.501. The maximum absolute atomic E-state index is 14.6. The summed E-state index contributed by atoms with van der Waals surface area (Å²) in [6.45, 7) is 3.53. The van der Waals surface area contributed by atoms with Crippen LogP contribution in [0.4, 0.5) is 8.78 Å². The molecule has 0 N–H and O–H groups in total. The molecule has 0 saturated carbocycles. The van der Waals surface area contributed by atoms with E-state index >= 15 is 0 Å². The highest BCUT2D eigenvalue weighted by molar-refractivity contribution is 9.11. The lowest BCUT2D eigenvalue weighted by molar-refractivity contribution is -0.145. The number of ether oxygens (including phenoxy) is 1. The Balaban J connectivity index is 2.35. The summed E-state index contributed by atoms with van der Waals surface area (Å²) in [5.74, 6) is -1.71. The van der Waals surface area contributed by atoms with Crippen molar-refractivity contribution in [3.8, 4) is 0 Å². The van der Waals surface area contributed by atoms with E-state index in [9.17, 15) is 13.6 Å². The topological polar surface area (TPSA) is 26.3 Å². The highest BCUT2D eigenvalue weighted by Crippen LogP contribution is 2.42. The lowest BCUT2D eigenvalue weighted by Crippen LogP contribution is -2.22. The van der Waals surface area contributed by atoms with Crippen molar-refractivity contribution in [2.24, 2.45) is 0 Å². The normalized spacial score (nSPS) is 18.2. The minimum Gasteiger partial charge on any atom is -0.455 e. The molecule has 1 saturated heterocycles. The summed E-state index contributed by atoms with van der Waals surface area (Å²) in [6, 6.07) is 8.95. The molecule has 3 rings (SSSR count). The van der Waals surface area contributed by atoms with Crippen LogP contribution >= 0.6 is 31.9 Å². The molecule has 1 heterocycles. The van der Waals surface area contributed by atoms with Crippen LogP contribution in [0.3, 0.4) is 0 Å². The second kappa shape index (κ2) is 6.65. The second-order valence-electron chi connectivity index (χ2n) is 6.30. The van der Waals surface area contributed by atoms with Crippen LogP contribution in [-0.2, 0) is 9.53 Å². The van der Waals surface area contributed by atoms with Gasteiger partial charge in [-0.1, -0.05) is 31.9 Å². The number of esters is 1. The van der Waals surface area contributed by atoms with Gasteiger partial charge in [0, 0.05) is 20.6 Å². The Morgan fingerprint density at radius 1 is 1.08 bits per heavy atom. The number of carbonyl (C=O) groups excluding carboxylic acids is 1. The van der Waals surface area contributed by atoms with Gasteiger partial charge in [-0.25, -0.2) is 8.78 Å². The monoisotopic (exact) mass is 470 g/mol. The number of halogens is 4. The van der Waals surface area contributed by atoms with Gasteiger partial charge in [-0.15, -0.1) is 0 Å². The van der Waals surface area contributed by atoms with Crippen molar-refractivity contribution in [2.45, 2.75) is 25.9 Å². The maximum Gasteiger partial charge on any atom is 0.310 e. The summed E-state index contributed by atoms with van der Waals surface area (Å²) in [7, 11) is 0. The van der Waals surface area contributed by atoms with Crippen molar-refractivity contribution in [1.82, 2.24) is 0 Å². The van der Waals surface area contributed by atoms with Crippen LogP contribution in [0.5, 0.6) is 0 Å². The molecule has 2 nitrogen and oxygen atoms in total. The third-order valence-electron chi connectivity index (χ3n) is 4.07. The minimum atomic E-state index is -0.873. The highest BCUT2D eigenvalue weighted by Gasteiger charge is 2.39. The van der Waals surface area contributed by atoms with Gasteiger partial charge >= 0.3 is 5.97 Å². The van der Waals surface area contributed by atoms with Gasteiger partial charge in [0.2, 0.25) is 0 Å². The molecule has 0 atom stereocenters. The Labute approximate surface area is 161 Å². The lowest BCUT2D eigenvalue weighted by atomic mass is 9.85. The van der Waals surface area contributed by atoms with Gasteiger partial charge in [0.15, 0.2) is 0 Å². The average molecular weight is 472 g/mol. The first-order chi connectivity index (χ1) is 11.7. The van der Waals surface area contributed by atoms with Crippen LogP contribution in [0.2, 0.25) is 0 Å². The number of cyclic esters (lactones) is 1. The number of hydrogen-bond acceptors (Lipinski definition) is 2. The summed E-state index contributed by atoms with van der Waals surface area (Å²) in [6.07, 6.45) is 0.0588. The fourth-order valence-electron chi connectivity index (χ4n) is 3.01. The molecule has 1 aliphatic heterocycles. The zero-order valence-corrected chi connectivity index (χ0v) is 16.7. The van der Waals surface area contributed by atoms with Gasteiger partial charge in [0.05, 0.1) is 6.42 Å². The molecule has 0 radical (unpaired) electrons. The molecular formula is C19H14Br2F2O2. The molecule has 6 heteroatoms. The number of benzene rings is 2. The van der Waals surface area contributed by atoms with Crippen molar-refractivity contribution in [3.05, 3.63) is 73.7 Å². The summed E-state index contributed by atoms with van der Waals surface area (Å²) >= 11 is 6.86. The van der Waals surface area contributed by atoms with Gasteiger partial charge in [-0.3, -0.25) is 4.79 Å². The number of hydrogen-bond donors (Lipinski definition) is 0. The molecule has 0 unspecified atom stereocenters. The SMILES string of the molecule is CC1(C)OC(=O)C/C1=C(/c1cc(Br)cc(Br)c1)c1ccc(F)cc1F. The lowest BCUT2D eigenvalue weighted by Gasteiger charge is -2.23. The standard InChI is InChI=1S/C19H14Br2F2O2/c1-19(2)15(9-17(24)25-19)18(10-5-11(20)7-12(21)6-10)14-4-3-13(22)8-16(14)23/h3-8H,9H2,1-2H3/b18-15+. The highest BCUT2D eigenvalue weighted by atomic mass is 79.9. The summed E-state index contributed by atoms with van der Waals surface area (Å²) in [5.41, 5.74) is 1.26. The minimum absolute atomic E-state index is 0.0588. The van der Waals surface area contributed by atoms with E-state index in [1.165, 1.54) is 12.1 Å². The molecule has 0 bridgehead atoms. The van der Waals surface area contributed by atoms with Gasteiger partial charge in [0.25, 0.3) is 0 Å². The largest absolute Gasteiger partial charge is 0.455 e. The zero-order chi connectivity index (χ0) is 18.4. The molecule has 25 heavy (non-hydrogen) atoms. The smallest absolute Gasteiger partial charge is 0.310 e. The first-order valence-electron chi connectivity index (χ1n) is 7.55. The fraction of sp³-hybridized carbons (Fsp3) is 0.211. The van der Waals surface area contributed by atoms with Crippen molar-refractivity contribution in [3.63, 3.8) is 0 Å². The molecule has 0 aliphatic carbocycles. The van der Waals surface area contributed by atoms with Crippen LogP contribution in [0.25, 0.3) is 5.57 Å². The Hall–Kier alpha value is -1.53. The van der Waals surface area contributed by atoms with Crippen molar-refractivity contribution < 1.29 is 18.3 Å². The van der Waals surface area contributed by atoms with E-state index in [1.807, 2.05) is 18.2 Å². The van der Waals surface area contributed by atoms with Gasteiger partial charge in [-0.2, -0.15) is 0 Å². The predicted octanol–water partition coefficient (Wildman–Crippen LogP) is 6.02. The Kier molecular flexibility index (Phi) is 4.86. The number of rotatable bonds is 2. The third kappa shape index (κ3) is 3.70. The van der Waals surface area contributed by atoms with Crippen LogP contribution in [0, 0.1) is 11.6 Å². The molecule has 130 valence electrons. The molecule has 0 amide bonds. The first-order valence-corrected chi connectivity index (χ1v) is 9.13. The Morgan fingerprint density at radius 2 is 1.72 bits per heavy atom. The van der Waals surface area contributed by atoms with E-state index in [0.29, 0.717) is 16.7 Å². The van der Waals surface area contributed by atoms with E-state index < -0.39 is 17.2 Å². The van der Waals surface area contributed by atoms with E-state index in [2.05, 4.69) is 31.9 Å². The van der Waals surface area contributed by atoms with Gasteiger partial charge < -0.3 is 4.74 Å².